The molecule has 6 rings (SSSR count). The van der Waals surface area contributed by atoms with Crippen molar-refractivity contribution in [3.63, 3.8) is 0 Å². The van der Waals surface area contributed by atoms with Crippen LogP contribution in [0.3, 0.4) is 0 Å². The highest BCUT2D eigenvalue weighted by molar-refractivity contribution is 5.74. The van der Waals surface area contributed by atoms with Gasteiger partial charge in [-0.1, -0.05) is 41.5 Å². The summed E-state index contributed by atoms with van der Waals surface area (Å²) >= 11 is 0. The van der Waals surface area contributed by atoms with Crippen LogP contribution in [0.1, 0.15) is 92.2 Å². The van der Waals surface area contributed by atoms with Crippen LogP contribution in [0.25, 0.3) is 0 Å². The molecule has 1 aromatic heterocycles. The van der Waals surface area contributed by atoms with E-state index in [4.69, 9.17) is 28.1 Å². The third kappa shape index (κ3) is 3.77. The normalized spacial score (nSPS) is 45.6. The molecule has 5 fully saturated rings. The summed E-state index contributed by atoms with van der Waals surface area (Å²) in [5.41, 5.74) is -6.84. The second kappa shape index (κ2) is 10.3. The van der Waals surface area contributed by atoms with Crippen molar-refractivity contribution in [2.24, 2.45) is 39.9 Å². The zero-order valence-electron chi connectivity index (χ0n) is 27.8. The van der Waals surface area contributed by atoms with E-state index in [0.717, 1.165) is 0 Å². The summed E-state index contributed by atoms with van der Waals surface area (Å²) in [6.45, 7) is 12.0. The Morgan fingerprint density at radius 2 is 1.78 bits per heavy atom. The average Bonchev–Trinajstić information content (AvgIpc) is 3.65. The minimum Gasteiger partial charge on any atom is -0.472 e. The molecule has 3 saturated heterocycles. The molecule has 2 unspecified atom stereocenters. The van der Waals surface area contributed by atoms with E-state index in [2.05, 4.69) is 0 Å². The Hall–Kier alpha value is -2.96. The number of esters is 4. The van der Waals surface area contributed by atoms with Crippen LogP contribution in [0, 0.1) is 39.9 Å². The molecule has 4 heterocycles. The lowest BCUT2D eigenvalue weighted by Gasteiger charge is -2.70. The average molecular weight is 647 g/mol. The van der Waals surface area contributed by atoms with Crippen molar-refractivity contribution in [2.75, 3.05) is 7.11 Å². The van der Waals surface area contributed by atoms with Crippen molar-refractivity contribution in [1.29, 1.82) is 0 Å². The van der Waals surface area contributed by atoms with Crippen LogP contribution in [0.2, 0.25) is 0 Å². The highest BCUT2D eigenvalue weighted by Gasteiger charge is 2.96. The first-order chi connectivity index (χ1) is 21.4. The number of fused-ring (bicyclic) bond motifs is 2. The maximum Gasteiger partial charge on any atom is 0.309 e. The Kier molecular flexibility index (Phi) is 7.36. The summed E-state index contributed by atoms with van der Waals surface area (Å²) in [5.74, 6) is -7.57. The van der Waals surface area contributed by atoms with Crippen LogP contribution in [0.15, 0.2) is 23.0 Å². The molecule has 1 spiro atoms. The number of hydrogen-bond acceptors (Lipinski definition) is 12. The molecule has 0 aromatic carbocycles. The maximum absolute atomic E-state index is 13.7. The van der Waals surface area contributed by atoms with E-state index < -0.39 is 99.1 Å². The molecule has 12 atom stereocenters. The lowest BCUT2D eigenvalue weighted by atomic mass is 9.35. The number of carbonyl (C=O) groups is 4. The first kappa shape index (κ1) is 33.0. The fraction of sp³-hybridized carbons (Fsp3) is 0.765. The first-order valence-corrected chi connectivity index (χ1v) is 16.2. The van der Waals surface area contributed by atoms with Gasteiger partial charge in [0.25, 0.3) is 0 Å². The number of cyclic esters (lactones) is 1. The van der Waals surface area contributed by atoms with E-state index >= 15 is 0 Å². The molecule has 0 radical (unpaired) electrons. The highest BCUT2D eigenvalue weighted by atomic mass is 16.7. The van der Waals surface area contributed by atoms with Gasteiger partial charge in [0.2, 0.25) is 5.79 Å². The highest BCUT2D eigenvalue weighted by Crippen LogP contribution is 2.82. The Morgan fingerprint density at radius 3 is 2.37 bits per heavy atom. The van der Waals surface area contributed by atoms with Gasteiger partial charge < -0.3 is 38.3 Å². The number of rotatable bonds is 7. The molecule has 2 saturated carbocycles. The quantitative estimate of drug-likeness (QED) is 0.327. The number of ether oxygens (including phenoxy) is 5. The predicted octanol–water partition coefficient (Wildman–Crippen LogP) is 3.62. The summed E-state index contributed by atoms with van der Waals surface area (Å²) in [6.07, 6.45) is 0.268. The lowest BCUT2D eigenvalue weighted by Crippen LogP contribution is -2.85. The van der Waals surface area contributed by atoms with Gasteiger partial charge in [0.05, 0.1) is 32.0 Å². The van der Waals surface area contributed by atoms with Crippen molar-refractivity contribution in [1.82, 2.24) is 0 Å². The van der Waals surface area contributed by atoms with Gasteiger partial charge in [-0.3, -0.25) is 19.2 Å². The topological polar surface area (TPSA) is 168 Å². The summed E-state index contributed by atoms with van der Waals surface area (Å²) < 4.78 is 35.6. The van der Waals surface area contributed by atoms with E-state index in [1.807, 2.05) is 13.8 Å². The molecular formula is C34H46O12. The van der Waals surface area contributed by atoms with Crippen LogP contribution < -0.4 is 0 Å². The van der Waals surface area contributed by atoms with Crippen molar-refractivity contribution >= 4 is 23.9 Å². The van der Waals surface area contributed by atoms with E-state index in [9.17, 15) is 29.4 Å². The third-order valence-corrected chi connectivity index (χ3v) is 12.9. The molecule has 2 aliphatic carbocycles. The van der Waals surface area contributed by atoms with Crippen LogP contribution >= 0.6 is 0 Å². The molecule has 2 N–H and O–H groups in total. The van der Waals surface area contributed by atoms with Crippen molar-refractivity contribution < 1.29 is 57.5 Å². The molecular weight excluding hydrogens is 600 g/mol. The second-order valence-corrected chi connectivity index (χ2v) is 15.3. The maximum atomic E-state index is 13.7. The largest absolute Gasteiger partial charge is 0.472 e. The van der Waals surface area contributed by atoms with E-state index in [1.54, 1.807) is 33.8 Å². The monoisotopic (exact) mass is 646 g/mol. The number of furan rings is 1. The summed E-state index contributed by atoms with van der Waals surface area (Å²) in [4.78, 5) is 53.0. The summed E-state index contributed by atoms with van der Waals surface area (Å²) in [7, 11) is 1.27. The number of hydrogen-bond donors (Lipinski definition) is 2. The van der Waals surface area contributed by atoms with Gasteiger partial charge in [-0.15, -0.1) is 0 Å². The minimum atomic E-state index is -2.49. The molecule has 46 heavy (non-hydrogen) atoms. The van der Waals surface area contributed by atoms with E-state index in [1.165, 1.54) is 26.6 Å². The SMILES string of the molecule is CCC(C)C(=O)O[C@H]1[C@@]23OC4(O)[C@@](C)([C@@H](CC(=O)OC)C(C)(C)[C@H](OC(C)=O)[C@]14O)[C@H]2CC[C@]1(C)[C@H]3CC(=O)O[C@H]1c1ccoc1. The zero-order chi connectivity index (χ0) is 33.8. The Morgan fingerprint density at radius 1 is 1.09 bits per heavy atom. The second-order valence-electron chi connectivity index (χ2n) is 15.3. The van der Waals surface area contributed by atoms with Gasteiger partial charge in [0.1, 0.15) is 17.8 Å². The zero-order valence-corrected chi connectivity index (χ0v) is 27.8. The Bertz CT molecular complexity index is 1440. The molecule has 12 nitrogen and oxygen atoms in total. The van der Waals surface area contributed by atoms with Crippen LogP contribution in [0.4, 0.5) is 0 Å². The molecule has 1 aromatic rings. The van der Waals surface area contributed by atoms with Gasteiger partial charge in [-0.05, 0) is 31.2 Å². The van der Waals surface area contributed by atoms with Gasteiger partial charge in [-0.25, -0.2) is 0 Å². The predicted molar refractivity (Wildman–Crippen MR) is 157 cm³/mol. The van der Waals surface area contributed by atoms with Gasteiger partial charge in [-0.2, -0.15) is 0 Å². The molecule has 0 amide bonds. The number of carbonyl (C=O) groups excluding carboxylic acids is 4. The lowest BCUT2D eigenvalue weighted by molar-refractivity contribution is -0.385. The number of aliphatic hydroxyl groups is 2. The molecule has 3 aliphatic heterocycles. The smallest absolute Gasteiger partial charge is 0.309 e. The fourth-order valence-electron chi connectivity index (χ4n) is 10.7. The van der Waals surface area contributed by atoms with Crippen LogP contribution in [-0.4, -0.2) is 70.4 Å². The van der Waals surface area contributed by atoms with E-state index in [0.29, 0.717) is 24.8 Å². The first-order valence-electron chi connectivity index (χ1n) is 16.2. The van der Waals surface area contributed by atoms with Gasteiger partial charge in [0.15, 0.2) is 11.7 Å². The molecule has 5 aliphatic rings. The van der Waals surface area contributed by atoms with Gasteiger partial charge >= 0.3 is 23.9 Å². The number of methoxy groups -OCH3 is 1. The van der Waals surface area contributed by atoms with Crippen LogP contribution in [-0.2, 0) is 42.9 Å². The van der Waals surface area contributed by atoms with Gasteiger partial charge in [0, 0.05) is 47.0 Å². The minimum absolute atomic E-state index is 0.149. The van der Waals surface area contributed by atoms with Crippen molar-refractivity contribution in [3.8, 4) is 0 Å². The molecule has 254 valence electrons. The standard InChI is InChI=1S/C34H46O12/c1-9-17(2)26(38)45-28-32-20(10-12-30(6)22(32)15-24(37)44-25(30)19-11-13-42-16-19)31(7)21(14-23(36)41-8)29(4,5)27(43-18(3)35)33(28,39)34(31,40)46-32/h11,13,16-17,20-22,25,27-28,39-40H,9-10,12,14-15H2,1-8H3/t17?,20-,21+,22-,25+,27+,28+,30-,31-,32-,33+,34?/m1/s1. The Balaban J connectivity index is 1.64. The molecule has 2 bridgehead atoms. The fourth-order valence-corrected chi connectivity index (χ4v) is 10.7. The third-order valence-electron chi connectivity index (χ3n) is 12.9. The van der Waals surface area contributed by atoms with E-state index in [-0.39, 0.29) is 12.8 Å². The van der Waals surface area contributed by atoms with Crippen LogP contribution in [0.5, 0.6) is 0 Å². The summed E-state index contributed by atoms with van der Waals surface area (Å²) in [5, 5.41) is 26.3. The summed E-state index contributed by atoms with van der Waals surface area (Å²) in [6, 6.07) is 1.73. The van der Waals surface area contributed by atoms with Crippen molar-refractivity contribution in [3.05, 3.63) is 24.2 Å². The molecule has 12 heteroatoms. The Labute approximate surface area is 268 Å². The van der Waals surface area contributed by atoms with Crippen molar-refractivity contribution in [2.45, 2.75) is 116 Å².